The smallest absolute Gasteiger partial charge is 0.422 e. The van der Waals surface area contributed by atoms with E-state index in [4.69, 9.17) is 16.3 Å². The van der Waals surface area contributed by atoms with E-state index in [-0.39, 0.29) is 30.7 Å². The first-order valence-electron chi connectivity index (χ1n) is 10.0. The molecule has 1 aliphatic heterocycles. The molecule has 0 aliphatic carbocycles. The maximum atomic E-state index is 12.5. The Hall–Kier alpha value is -2.94. The number of piperazine rings is 1. The lowest BCUT2D eigenvalue weighted by Crippen LogP contribution is -2.53. The fraction of sp³-hybridized carbons (Fsp3) is 0.364. The van der Waals surface area contributed by atoms with Crippen LogP contribution in [0, 0.1) is 0 Å². The van der Waals surface area contributed by atoms with E-state index in [1.807, 2.05) is 12.1 Å². The lowest BCUT2D eigenvalue weighted by Gasteiger charge is -2.34. The number of nitrogens with zero attached hydrogens (tertiary/aromatic N) is 2. The molecule has 1 saturated heterocycles. The lowest BCUT2D eigenvalue weighted by atomic mass is 10.1. The van der Waals surface area contributed by atoms with Crippen LogP contribution in [0.5, 0.6) is 5.75 Å². The van der Waals surface area contributed by atoms with Gasteiger partial charge in [0.2, 0.25) is 5.91 Å². The van der Waals surface area contributed by atoms with Crippen molar-refractivity contribution in [3.05, 3.63) is 64.7 Å². The summed E-state index contributed by atoms with van der Waals surface area (Å²) >= 11 is 6.11. The molecule has 6 nitrogen and oxygen atoms in total. The van der Waals surface area contributed by atoms with Crippen LogP contribution in [-0.4, -0.2) is 60.7 Å². The van der Waals surface area contributed by atoms with Crippen molar-refractivity contribution in [1.82, 2.24) is 15.1 Å². The molecular formula is C22H23ClF3N3O3. The summed E-state index contributed by atoms with van der Waals surface area (Å²) < 4.78 is 41.6. The van der Waals surface area contributed by atoms with Crippen molar-refractivity contribution in [2.45, 2.75) is 19.1 Å². The molecule has 32 heavy (non-hydrogen) atoms. The standard InChI is InChI=1S/C22H23ClF3N3O3/c23-19-7-2-1-5-17(19)13-20(30)28-8-10-29(11-9-28)21(31)27-14-16-4-3-6-18(12-16)32-15-22(24,25)26/h1-7,12H,8-11,13-15H2,(H,27,31). The molecule has 0 radical (unpaired) electrons. The van der Waals surface area contributed by atoms with Gasteiger partial charge in [-0.15, -0.1) is 0 Å². The number of carbonyl (C=O) groups excluding carboxylic acids is 2. The topological polar surface area (TPSA) is 61.9 Å². The van der Waals surface area contributed by atoms with Gasteiger partial charge in [0.1, 0.15) is 5.75 Å². The second kappa shape index (κ2) is 10.6. The monoisotopic (exact) mass is 469 g/mol. The number of carbonyl (C=O) groups is 2. The zero-order chi connectivity index (χ0) is 23.1. The average Bonchev–Trinajstić information content (AvgIpc) is 2.77. The molecule has 0 unspecified atom stereocenters. The fourth-order valence-electron chi connectivity index (χ4n) is 3.28. The number of rotatable bonds is 6. The fourth-order valence-corrected chi connectivity index (χ4v) is 3.48. The summed E-state index contributed by atoms with van der Waals surface area (Å²) in [5.41, 5.74) is 1.38. The van der Waals surface area contributed by atoms with Crippen molar-refractivity contribution < 1.29 is 27.5 Å². The first-order valence-corrected chi connectivity index (χ1v) is 10.4. The Kier molecular flexibility index (Phi) is 7.84. The molecule has 1 aliphatic rings. The van der Waals surface area contributed by atoms with Crippen LogP contribution in [0.4, 0.5) is 18.0 Å². The molecular weight excluding hydrogens is 447 g/mol. The second-order valence-corrected chi connectivity index (χ2v) is 7.75. The van der Waals surface area contributed by atoms with E-state index in [0.717, 1.165) is 5.56 Å². The van der Waals surface area contributed by atoms with Gasteiger partial charge in [0.25, 0.3) is 0 Å². The number of alkyl halides is 3. The number of nitrogens with one attached hydrogen (secondary N) is 1. The van der Waals surface area contributed by atoms with E-state index in [0.29, 0.717) is 36.8 Å². The SMILES string of the molecule is O=C(Cc1ccccc1Cl)N1CCN(C(=O)NCc2cccc(OCC(F)(F)F)c2)CC1. The minimum absolute atomic E-state index is 0.0474. The highest BCUT2D eigenvalue weighted by Crippen LogP contribution is 2.20. The summed E-state index contributed by atoms with van der Waals surface area (Å²) in [6.07, 6.45) is -4.21. The number of ether oxygens (including phenoxy) is 1. The highest BCUT2D eigenvalue weighted by molar-refractivity contribution is 6.31. The van der Waals surface area contributed by atoms with Crippen LogP contribution in [0.25, 0.3) is 0 Å². The first kappa shape index (κ1) is 23.7. The molecule has 3 rings (SSSR count). The van der Waals surface area contributed by atoms with Gasteiger partial charge in [-0.1, -0.05) is 41.9 Å². The van der Waals surface area contributed by atoms with Crippen molar-refractivity contribution in [2.24, 2.45) is 0 Å². The zero-order valence-electron chi connectivity index (χ0n) is 17.2. The molecule has 1 N–H and O–H groups in total. The second-order valence-electron chi connectivity index (χ2n) is 7.35. The molecule has 0 saturated carbocycles. The predicted molar refractivity (Wildman–Crippen MR) is 114 cm³/mol. The Bertz CT molecular complexity index is 947. The molecule has 0 aromatic heterocycles. The highest BCUT2D eigenvalue weighted by Gasteiger charge is 2.28. The highest BCUT2D eigenvalue weighted by atomic mass is 35.5. The number of halogens is 4. The van der Waals surface area contributed by atoms with Gasteiger partial charge in [0.05, 0.1) is 6.42 Å². The van der Waals surface area contributed by atoms with Crippen LogP contribution in [0.2, 0.25) is 5.02 Å². The van der Waals surface area contributed by atoms with Crippen molar-refractivity contribution in [3.63, 3.8) is 0 Å². The maximum Gasteiger partial charge on any atom is 0.422 e. The third kappa shape index (κ3) is 7.05. The van der Waals surface area contributed by atoms with Crippen molar-refractivity contribution >= 4 is 23.5 Å². The molecule has 10 heteroatoms. The predicted octanol–water partition coefficient (Wildman–Crippen LogP) is 3.88. The van der Waals surface area contributed by atoms with Gasteiger partial charge < -0.3 is 19.9 Å². The van der Waals surface area contributed by atoms with E-state index in [2.05, 4.69) is 5.32 Å². The van der Waals surface area contributed by atoms with Crippen LogP contribution in [0.1, 0.15) is 11.1 Å². The van der Waals surface area contributed by atoms with Gasteiger partial charge in [-0.3, -0.25) is 4.79 Å². The van der Waals surface area contributed by atoms with E-state index >= 15 is 0 Å². The molecule has 1 fully saturated rings. The lowest BCUT2D eigenvalue weighted by molar-refractivity contribution is -0.153. The minimum atomic E-state index is -4.42. The van der Waals surface area contributed by atoms with Gasteiger partial charge in [0, 0.05) is 37.7 Å². The number of urea groups is 1. The van der Waals surface area contributed by atoms with Crippen LogP contribution in [-0.2, 0) is 17.8 Å². The molecule has 0 bridgehead atoms. The summed E-state index contributed by atoms with van der Waals surface area (Å²) in [4.78, 5) is 28.3. The van der Waals surface area contributed by atoms with Crippen molar-refractivity contribution in [3.8, 4) is 5.75 Å². The zero-order valence-corrected chi connectivity index (χ0v) is 18.0. The van der Waals surface area contributed by atoms with E-state index < -0.39 is 12.8 Å². The van der Waals surface area contributed by atoms with Gasteiger partial charge in [-0.2, -0.15) is 13.2 Å². The summed E-state index contributed by atoms with van der Waals surface area (Å²) in [5, 5.41) is 3.30. The number of hydrogen-bond donors (Lipinski definition) is 1. The van der Waals surface area contributed by atoms with Gasteiger partial charge in [0.15, 0.2) is 6.61 Å². The van der Waals surface area contributed by atoms with Crippen LogP contribution in [0.15, 0.2) is 48.5 Å². The summed E-state index contributed by atoms with van der Waals surface area (Å²) in [6.45, 7) is 0.370. The van der Waals surface area contributed by atoms with Crippen LogP contribution in [0.3, 0.4) is 0 Å². The van der Waals surface area contributed by atoms with Gasteiger partial charge in [-0.25, -0.2) is 4.79 Å². The third-order valence-corrected chi connectivity index (χ3v) is 5.33. The molecule has 0 atom stereocenters. The quantitative estimate of drug-likeness (QED) is 0.698. The van der Waals surface area contributed by atoms with E-state index in [1.54, 1.807) is 34.1 Å². The van der Waals surface area contributed by atoms with Gasteiger partial charge in [-0.05, 0) is 29.3 Å². The minimum Gasteiger partial charge on any atom is -0.484 e. The summed E-state index contributed by atoms with van der Waals surface area (Å²) in [6, 6.07) is 13.0. The van der Waals surface area contributed by atoms with Crippen LogP contribution < -0.4 is 10.1 Å². The summed E-state index contributed by atoms with van der Waals surface area (Å²) in [5.74, 6) is 0.0357. The molecule has 1 heterocycles. The Balaban J connectivity index is 1.44. The third-order valence-electron chi connectivity index (χ3n) is 4.96. The van der Waals surface area contributed by atoms with Crippen molar-refractivity contribution in [2.75, 3.05) is 32.8 Å². The number of hydrogen-bond acceptors (Lipinski definition) is 3. The van der Waals surface area contributed by atoms with Crippen molar-refractivity contribution in [1.29, 1.82) is 0 Å². The Morgan fingerprint density at radius 3 is 2.38 bits per heavy atom. The largest absolute Gasteiger partial charge is 0.484 e. The molecule has 3 amide bonds. The molecule has 172 valence electrons. The first-order chi connectivity index (χ1) is 15.2. The van der Waals surface area contributed by atoms with E-state index in [1.165, 1.54) is 12.1 Å². The maximum absolute atomic E-state index is 12.5. The molecule has 2 aromatic rings. The van der Waals surface area contributed by atoms with E-state index in [9.17, 15) is 22.8 Å². The molecule has 0 spiro atoms. The normalized spacial score (nSPS) is 14.2. The summed E-state index contributed by atoms with van der Waals surface area (Å²) in [7, 11) is 0. The van der Waals surface area contributed by atoms with Gasteiger partial charge >= 0.3 is 12.2 Å². The Morgan fingerprint density at radius 2 is 1.69 bits per heavy atom. The Labute approximate surface area is 188 Å². The Morgan fingerprint density at radius 1 is 1.00 bits per heavy atom. The molecule has 2 aromatic carbocycles. The number of benzene rings is 2. The average molecular weight is 470 g/mol. The number of amides is 3. The van der Waals surface area contributed by atoms with Crippen LogP contribution >= 0.6 is 11.6 Å².